The molecule has 7 nitrogen and oxygen atoms in total. The van der Waals surface area contributed by atoms with E-state index < -0.39 is 18.5 Å². The molecule has 1 aromatic heterocycles. The van der Waals surface area contributed by atoms with Crippen molar-refractivity contribution in [2.45, 2.75) is 32.9 Å². The predicted octanol–water partition coefficient (Wildman–Crippen LogP) is 0.738. The van der Waals surface area contributed by atoms with E-state index in [-0.39, 0.29) is 6.54 Å². The molecule has 1 atom stereocenters. The van der Waals surface area contributed by atoms with Gasteiger partial charge in [0, 0.05) is 12.2 Å². The van der Waals surface area contributed by atoms with Gasteiger partial charge >= 0.3 is 12.0 Å². The van der Waals surface area contributed by atoms with Crippen LogP contribution in [0.4, 0.5) is 4.79 Å². The molecule has 0 saturated carbocycles. The summed E-state index contributed by atoms with van der Waals surface area (Å²) in [4.78, 5) is 21.4. The number of hydrogen-bond donors (Lipinski definition) is 3. The second-order valence-corrected chi connectivity index (χ2v) is 3.97. The van der Waals surface area contributed by atoms with Gasteiger partial charge in [0.05, 0.1) is 12.2 Å². The molecule has 18 heavy (non-hydrogen) atoms. The molecule has 1 heterocycles. The molecule has 0 aliphatic carbocycles. The number of carboxylic acid groups (broad SMARTS) is 1. The molecular formula is C11H18N4O3. The van der Waals surface area contributed by atoms with Gasteiger partial charge in [-0.3, -0.25) is 9.48 Å². The summed E-state index contributed by atoms with van der Waals surface area (Å²) >= 11 is 0. The van der Waals surface area contributed by atoms with Gasteiger partial charge in [0.1, 0.15) is 6.54 Å². The Labute approximate surface area is 105 Å². The first kappa shape index (κ1) is 14.0. The van der Waals surface area contributed by atoms with Crippen molar-refractivity contribution in [2.75, 3.05) is 6.54 Å². The van der Waals surface area contributed by atoms with Crippen molar-refractivity contribution >= 4 is 12.0 Å². The zero-order chi connectivity index (χ0) is 13.5. The maximum Gasteiger partial charge on any atom is 0.323 e. The molecule has 0 saturated heterocycles. The third kappa shape index (κ3) is 4.44. The van der Waals surface area contributed by atoms with Gasteiger partial charge in [-0.1, -0.05) is 6.92 Å². The van der Waals surface area contributed by atoms with Crippen LogP contribution in [-0.2, 0) is 11.3 Å². The number of aliphatic carboxylic acids is 1. The number of aromatic nitrogens is 2. The van der Waals surface area contributed by atoms with E-state index >= 15 is 0 Å². The van der Waals surface area contributed by atoms with E-state index in [0.717, 1.165) is 12.1 Å². The lowest BCUT2D eigenvalue weighted by Gasteiger charge is -2.08. The van der Waals surface area contributed by atoms with Gasteiger partial charge in [0.25, 0.3) is 0 Å². The lowest BCUT2D eigenvalue weighted by molar-refractivity contribution is -0.135. The molecule has 0 aliphatic rings. The Morgan fingerprint density at radius 1 is 1.50 bits per heavy atom. The van der Waals surface area contributed by atoms with Crippen LogP contribution in [0.3, 0.4) is 0 Å². The van der Waals surface area contributed by atoms with Crippen molar-refractivity contribution in [2.24, 2.45) is 0 Å². The first-order valence-corrected chi connectivity index (χ1v) is 5.80. The fourth-order valence-corrected chi connectivity index (χ4v) is 1.29. The molecule has 0 spiro atoms. The second-order valence-electron chi connectivity index (χ2n) is 3.97. The van der Waals surface area contributed by atoms with Crippen LogP contribution in [-0.4, -0.2) is 33.4 Å². The first-order valence-electron chi connectivity index (χ1n) is 5.80. The van der Waals surface area contributed by atoms with E-state index in [0.29, 0.717) is 6.04 Å². The number of urea groups is 1. The highest BCUT2D eigenvalue weighted by molar-refractivity contribution is 5.79. The number of rotatable bonds is 6. The van der Waals surface area contributed by atoms with Crippen molar-refractivity contribution in [3.8, 4) is 0 Å². The molecule has 1 rings (SSSR count). The number of nitrogens with zero attached hydrogens (tertiary/aromatic N) is 2. The molecule has 1 unspecified atom stereocenters. The van der Waals surface area contributed by atoms with Crippen LogP contribution >= 0.6 is 0 Å². The average Bonchev–Trinajstić information content (AvgIpc) is 2.81. The number of nitrogens with one attached hydrogen (secondary N) is 2. The third-order valence-electron chi connectivity index (χ3n) is 2.54. The Morgan fingerprint density at radius 3 is 2.83 bits per heavy atom. The summed E-state index contributed by atoms with van der Waals surface area (Å²) in [7, 11) is 0. The summed E-state index contributed by atoms with van der Waals surface area (Å²) in [5.41, 5.74) is 0.737. The third-order valence-corrected chi connectivity index (χ3v) is 2.54. The van der Waals surface area contributed by atoms with Gasteiger partial charge in [0.2, 0.25) is 0 Å². The summed E-state index contributed by atoms with van der Waals surface area (Å²) < 4.78 is 1.84. The molecule has 2 amide bonds. The van der Waals surface area contributed by atoms with E-state index in [4.69, 9.17) is 5.11 Å². The summed E-state index contributed by atoms with van der Waals surface area (Å²) in [5.74, 6) is -1.08. The van der Waals surface area contributed by atoms with Gasteiger partial charge in [-0.2, -0.15) is 5.10 Å². The zero-order valence-corrected chi connectivity index (χ0v) is 10.5. The van der Waals surface area contributed by atoms with E-state index in [1.807, 2.05) is 16.9 Å². The van der Waals surface area contributed by atoms with Gasteiger partial charge in [-0.15, -0.1) is 0 Å². The van der Waals surface area contributed by atoms with E-state index in [1.54, 1.807) is 0 Å². The largest absolute Gasteiger partial charge is 0.480 e. The molecule has 0 bridgehead atoms. The van der Waals surface area contributed by atoms with Crippen molar-refractivity contribution in [3.05, 3.63) is 18.0 Å². The van der Waals surface area contributed by atoms with Crippen molar-refractivity contribution in [3.63, 3.8) is 0 Å². The lowest BCUT2D eigenvalue weighted by Crippen LogP contribution is -2.38. The maximum absolute atomic E-state index is 11.2. The maximum atomic E-state index is 11.2. The average molecular weight is 254 g/mol. The van der Waals surface area contributed by atoms with E-state index in [2.05, 4.69) is 29.6 Å². The fourth-order valence-electron chi connectivity index (χ4n) is 1.29. The zero-order valence-electron chi connectivity index (χ0n) is 10.5. The minimum atomic E-state index is -1.08. The van der Waals surface area contributed by atoms with Crippen LogP contribution in [0.15, 0.2) is 12.3 Å². The number of carbonyl (C=O) groups excluding carboxylic acids is 1. The quantitative estimate of drug-likeness (QED) is 0.697. The molecule has 0 aromatic carbocycles. The molecule has 0 fully saturated rings. The van der Waals surface area contributed by atoms with Gasteiger partial charge < -0.3 is 15.7 Å². The predicted molar refractivity (Wildman–Crippen MR) is 65.1 cm³/mol. The molecular weight excluding hydrogens is 236 g/mol. The smallest absolute Gasteiger partial charge is 0.323 e. The van der Waals surface area contributed by atoms with E-state index in [1.165, 1.54) is 0 Å². The Morgan fingerprint density at radius 2 is 2.22 bits per heavy atom. The SMILES string of the molecule is CCC(C)n1ccc(CNC(=O)NCC(=O)O)n1. The number of carboxylic acids is 1. The number of carbonyl (C=O) groups is 2. The highest BCUT2D eigenvalue weighted by Gasteiger charge is 2.06. The van der Waals surface area contributed by atoms with Crippen LogP contribution < -0.4 is 10.6 Å². The molecule has 3 N–H and O–H groups in total. The summed E-state index contributed by atoms with van der Waals surface area (Å²) in [5, 5.41) is 17.4. The van der Waals surface area contributed by atoms with Crippen LogP contribution in [0.25, 0.3) is 0 Å². The van der Waals surface area contributed by atoms with Crippen LogP contribution in [0.2, 0.25) is 0 Å². The molecule has 1 aromatic rings. The van der Waals surface area contributed by atoms with Gasteiger partial charge in [-0.25, -0.2) is 4.79 Å². The van der Waals surface area contributed by atoms with Crippen molar-refractivity contribution in [1.82, 2.24) is 20.4 Å². The first-order chi connectivity index (χ1) is 8.52. The van der Waals surface area contributed by atoms with Crippen LogP contribution in [0.1, 0.15) is 32.0 Å². The number of hydrogen-bond acceptors (Lipinski definition) is 3. The molecule has 0 radical (unpaired) electrons. The fraction of sp³-hybridized carbons (Fsp3) is 0.545. The Kier molecular flexibility index (Phi) is 5.16. The Bertz CT molecular complexity index is 416. The topological polar surface area (TPSA) is 96.2 Å². The molecule has 7 heteroatoms. The highest BCUT2D eigenvalue weighted by Crippen LogP contribution is 2.08. The van der Waals surface area contributed by atoms with Crippen molar-refractivity contribution in [1.29, 1.82) is 0 Å². The second kappa shape index (κ2) is 6.63. The summed E-state index contributed by atoms with van der Waals surface area (Å²) in [6, 6.07) is 1.62. The Hall–Kier alpha value is -2.05. The minimum Gasteiger partial charge on any atom is -0.480 e. The minimum absolute atomic E-state index is 0.273. The van der Waals surface area contributed by atoms with Gasteiger partial charge in [0.15, 0.2) is 0 Å². The van der Waals surface area contributed by atoms with Crippen LogP contribution in [0.5, 0.6) is 0 Å². The van der Waals surface area contributed by atoms with Crippen LogP contribution in [0, 0.1) is 0 Å². The summed E-state index contributed by atoms with van der Waals surface area (Å²) in [6.45, 7) is 4.01. The van der Waals surface area contributed by atoms with Gasteiger partial charge in [-0.05, 0) is 19.4 Å². The lowest BCUT2D eigenvalue weighted by atomic mass is 10.3. The normalized spacial score (nSPS) is 11.9. The number of amides is 2. The van der Waals surface area contributed by atoms with E-state index in [9.17, 15) is 9.59 Å². The monoisotopic (exact) mass is 254 g/mol. The van der Waals surface area contributed by atoms with Crippen molar-refractivity contribution < 1.29 is 14.7 Å². The molecule has 100 valence electrons. The Balaban J connectivity index is 2.37. The highest BCUT2D eigenvalue weighted by atomic mass is 16.4. The standard InChI is InChI=1S/C11H18N4O3/c1-3-8(2)15-5-4-9(14-15)6-12-11(18)13-7-10(16)17/h4-5,8H,3,6-7H2,1-2H3,(H,16,17)(H2,12,13,18). The summed E-state index contributed by atoms with van der Waals surface area (Å²) in [6.07, 6.45) is 2.84. The molecule has 0 aliphatic heterocycles.